The fourth-order valence-electron chi connectivity index (χ4n) is 6.34. The molecule has 5 heteroatoms. The van der Waals surface area contributed by atoms with Crippen LogP contribution in [0.5, 0.6) is 11.5 Å². The van der Waals surface area contributed by atoms with Crippen LogP contribution in [0.1, 0.15) is 30.4 Å². The van der Waals surface area contributed by atoms with Crippen LogP contribution < -0.4 is 4.74 Å². The van der Waals surface area contributed by atoms with Gasteiger partial charge in [0.05, 0.1) is 25.6 Å². The molecule has 1 aromatic carbocycles. The van der Waals surface area contributed by atoms with E-state index in [4.69, 9.17) is 4.74 Å². The zero-order chi connectivity index (χ0) is 17.6. The van der Waals surface area contributed by atoms with Gasteiger partial charge in [0.25, 0.3) is 0 Å². The van der Waals surface area contributed by atoms with Crippen LogP contribution in [0.4, 0.5) is 0 Å². The van der Waals surface area contributed by atoms with Crippen molar-refractivity contribution in [2.75, 3.05) is 20.1 Å². The first-order valence-corrected chi connectivity index (χ1v) is 9.09. The molecule has 5 rings (SSSR count). The van der Waals surface area contributed by atoms with Crippen molar-refractivity contribution in [1.82, 2.24) is 0 Å². The van der Waals surface area contributed by atoms with Crippen molar-refractivity contribution in [2.45, 2.75) is 48.8 Å². The van der Waals surface area contributed by atoms with Gasteiger partial charge in [0.15, 0.2) is 23.4 Å². The highest BCUT2D eigenvalue weighted by Gasteiger charge is 2.76. The number of phenolic OH excluding ortho intramolecular Hbond substituents is 1. The van der Waals surface area contributed by atoms with Gasteiger partial charge in [0, 0.05) is 24.8 Å². The number of aromatic hydroxyl groups is 1. The zero-order valence-corrected chi connectivity index (χ0v) is 14.5. The standard InChI is InChI=1S/C20H23NO4/c1-3-9-21(2)10-8-19-16-12-4-5-13(22)17(16)25-18(19)14(23)6-7-20(19,24)15(21)11-12/h3-5,15,18,24H,1,6-11H2,2H3/p+1/t15-,18+,19+,20-,21+/m1/s1. The van der Waals surface area contributed by atoms with Crippen LogP contribution in [-0.4, -0.2) is 58.4 Å². The molecule has 2 aliphatic carbocycles. The maximum absolute atomic E-state index is 12.7. The number of piperidine rings is 1. The number of hydrogen-bond acceptors (Lipinski definition) is 4. The van der Waals surface area contributed by atoms with Gasteiger partial charge in [-0.1, -0.05) is 12.6 Å². The van der Waals surface area contributed by atoms with Gasteiger partial charge in [-0.15, -0.1) is 0 Å². The molecule has 5 atom stereocenters. The van der Waals surface area contributed by atoms with E-state index < -0.39 is 17.1 Å². The van der Waals surface area contributed by atoms with Crippen molar-refractivity contribution in [3.63, 3.8) is 0 Å². The number of Topliss-reactive ketones (excluding diaryl/α,β-unsaturated/α-hetero) is 1. The number of carbonyl (C=O) groups excluding carboxylic acids is 1. The first kappa shape index (κ1) is 15.4. The normalized spacial score (nSPS) is 43.4. The van der Waals surface area contributed by atoms with Gasteiger partial charge < -0.3 is 19.4 Å². The summed E-state index contributed by atoms with van der Waals surface area (Å²) in [5.41, 5.74) is 0.295. The second-order valence-electron chi connectivity index (χ2n) is 8.45. The summed E-state index contributed by atoms with van der Waals surface area (Å²) in [6.45, 7) is 5.57. The molecule has 132 valence electrons. The van der Waals surface area contributed by atoms with E-state index in [-0.39, 0.29) is 17.6 Å². The molecule has 0 aromatic heterocycles. The summed E-state index contributed by atoms with van der Waals surface area (Å²) < 4.78 is 6.76. The summed E-state index contributed by atoms with van der Waals surface area (Å²) in [5.74, 6) is 0.547. The molecule has 0 unspecified atom stereocenters. The van der Waals surface area contributed by atoms with Gasteiger partial charge in [-0.25, -0.2) is 0 Å². The molecular formula is C20H24NO4+. The predicted molar refractivity (Wildman–Crippen MR) is 91.6 cm³/mol. The van der Waals surface area contributed by atoms with E-state index in [9.17, 15) is 15.0 Å². The summed E-state index contributed by atoms with van der Waals surface area (Å²) in [7, 11) is 2.19. The largest absolute Gasteiger partial charge is 0.504 e. The Bertz CT molecular complexity index is 820. The average molecular weight is 342 g/mol. The van der Waals surface area contributed by atoms with Crippen molar-refractivity contribution in [1.29, 1.82) is 0 Å². The molecule has 0 amide bonds. The van der Waals surface area contributed by atoms with Gasteiger partial charge in [0.1, 0.15) is 11.6 Å². The number of carbonyl (C=O) groups is 1. The number of ether oxygens (including phenoxy) is 1. The monoisotopic (exact) mass is 342 g/mol. The van der Waals surface area contributed by atoms with Gasteiger partial charge in [-0.05, 0) is 24.1 Å². The second kappa shape index (κ2) is 4.46. The predicted octanol–water partition coefficient (Wildman–Crippen LogP) is 1.45. The van der Waals surface area contributed by atoms with Crippen LogP contribution in [-0.2, 0) is 16.6 Å². The number of aliphatic hydroxyl groups is 1. The lowest BCUT2D eigenvalue weighted by molar-refractivity contribution is -0.944. The van der Waals surface area contributed by atoms with E-state index in [1.807, 2.05) is 12.1 Å². The molecule has 1 saturated carbocycles. The third kappa shape index (κ3) is 1.51. The van der Waals surface area contributed by atoms with Gasteiger partial charge in [-0.3, -0.25) is 4.79 Å². The Morgan fingerprint density at radius 1 is 1.44 bits per heavy atom. The number of phenols is 1. The molecule has 2 bridgehead atoms. The quantitative estimate of drug-likeness (QED) is 0.631. The minimum absolute atomic E-state index is 0.00134. The topological polar surface area (TPSA) is 66.8 Å². The molecule has 25 heavy (non-hydrogen) atoms. The summed E-state index contributed by atoms with van der Waals surface area (Å²) >= 11 is 0. The van der Waals surface area contributed by atoms with Crippen molar-refractivity contribution in [3.8, 4) is 11.5 Å². The number of hydrogen-bond donors (Lipinski definition) is 2. The third-order valence-electron chi connectivity index (χ3n) is 7.45. The van der Waals surface area contributed by atoms with Crippen molar-refractivity contribution >= 4 is 5.78 Å². The van der Waals surface area contributed by atoms with Crippen molar-refractivity contribution < 1.29 is 24.2 Å². The Labute approximate surface area is 147 Å². The Hall–Kier alpha value is -1.85. The van der Waals surface area contributed by atoms with Crippen LogP contribution in [0.25, 0.3) is 0 Å². The van der Waals surface area contributed by atoms with E-state index in [2.05, 4.69) is 13.6 Å². The highest BCUT2D eigenvalue weighted by atomic mass is 16.5. The Morgan fingerprint density at radius 2 is 2.24 bits per heavy atom. The van der Waals surface area contributed by atoms with E-state index >= 15 is 0 Å². The maximum Gasteiger partial charge on any atom is 0.174 e. The van der Waals surface area contributed by atoms with Crippen molar-refractivity contribution in [2.24, 2.45) is 0 Å². The van der Waals surface area contributed by atoms with Crippen LogP contribution >= 0.6 is 0 Å². The lowest BCUT2D eigenvalue weighted by atomic mass is 9.48. The third-order valence-corrected chi connectivity index (χ3v) is 7.45. The molecule has 5 nitrogen and oxygen atoms in total. The molecule has 2 aliphatic heterocycles. The Morgan fingerprint density at radius 3 is 3.00 bits per heavy atom. The minimum atomic E-state index is -0.992. The summed E-state index contributed by atoms with van der Waals surface area (Å²) in [5, 5.41) is 22.3. The zero-order valence-electron chi connectivity index (χ0n) is 14.5. The van der Waals surface area contributed by atoms with Gasteiger partial charge >= 0.3 is 0 Å². The number of quaternary nitrogens is 1. The lowest BCUT2D eigenvalue weighted by Crippen LogP contribution is -2.80. The number of ketones is 1. The second-order valence-corrected chi connectivity index (χ2v) is 8.45. The first-order valence-electron chi connectivity index (χ1n) is 9.09. The number of benzene rings is 1. The van der Waals surface area contributed by atoms with Crippen LogP contribution in [0, 0.1) is 0 Å². The molecule has 0 radical (unpaired) electrons. The summed E-state index contributed by atoms with van der Waals surface area (Å²) in [4.78, 5) is 12.7. The number of likely N-dealkylation sites (tertiary alicyclic amines) is 1. The molecule has 2 fully saturated rings. The minimum Gasteiger partial charge on any atom is -0.504 e. The van der Waals surface area contributed by atoms with Crippen LogP contribution in [0.3, 0.4) is 0 Å². The number of likely N-dealkylation sites (N-methyl/N-ethyl adjacent to an activating group) is 1. The van der Waals surface area contributed by atoms with E-state index in [0.29, 0.717) is 25.0 Å². The van der Waals surface area contributed by atoms with E-state index in [1.54, 1.807) is 6.07 Å². The smallest absolute Gasteiger partial charge is 0.174 e. The Balaban J connectivity index is 1.82. The average Bonchev–Trinajstić information content (AvgIpc) is 2.93. The van der Waals surface area contributed by atoms with Gasteiger partial charge in [0.2, 0.25) is 0 Å². The number of rotatable bonds is 2. The SMILES string of the molecule is C=CC[N@@+]1(C)CC[C@]23c4c5ccc(O)c4O[C@H]2C(=O)CC[C@@]3(O)[C@H]1C5. The van der Waals surface area contributed by atoms with Crippen LogP contribution in [0.2, 0.25) is 0 Å². The molecule has 2 N–H and O–H groups in total. The highest BCUT2D eigenvalue weighted by Crippen LogP contribution is 2.65. The molecule has 1 saturated heterocycles. The Kier molecular flexibility index (Phi) is 2.75. The fourth-order valence-corrected chi connectivity index (χ4v) is 6.34. The first-order chi connectivity index (χ1) is 11.9. The molecular weight excluding hydrogens is 318 g/mol. The van der Waals surface area contributed by atoms with E-state index in [0.717, 1.165) is 35.1 Å². The molecule has 1 aromatic rings. The lowest BCUT2D eigenvalue weighted by Gasteiger charge is -2.64. The summed E-state index contributed by atoms with van der Waals surface area (Å²) in [6, 6.07) is 3.60. The number of nitrogens with zero attached hydrogens (tertiary/aromatic N) is 1. The molecule has 2 heterocycles. The van der Waals surface area contributed by atoms with Crippen molar-refractivity contribution in [3.05, 3.63) is 35.9 Å². The van der Waals surface area contributed by atoms with Crippen LogP contribution in [0.15, 0.2) is 24.8 Å². The van der Waals surface area contributed by atoms with Gasteiger partial charge in [-0.2, -0.15) is 0 Å². The molecule has 4 aliphatic rings. The summed E-state index contributed by atoms with van der Waals surface area (Å²) in [6.07, 6.45) is 3.47. The highest BCUT2D eigenvalue weighted by molar-refractivity contribution is 5.90. The maximum atomic E-state index is 12.7. The van der Waals surface area contributed by atoms with E-state index in [1.165, 1.54) is 0 Å². The molecule has 1 spiro atoms. The fraction of sp³-hybridized carbons (Fsp3) is 0.550.